The van der Waals surface area contributed by atoms with E-state index in [1.165, 1.54) is 0 Å². The number of hydrogen-bond acceptors (Lipinski definition) is 2. The van der Waals surface area contributed by atoms with Crippen LogP contribution in [0, 0.1) is 0 Å². The van der Waals surface area contributed by atoms with Crippen molar-refractivity contribution in [2.24, 2.45) is 0 Å². The molecule has 0 radical (unpaired) electrons. The molecule has 0 aliphatic heterocycles. The molecule has 0 saturated heterocycles. The molecule has 0 atom stereocenters. The molecule has 2 nitrogen and oxygen atoms in total. The van der Waals surface area contributed by atoms with E-state index in [9.17, 15) is 0 Å². The molecular formula is C5H9IO2. The summed E-state index contributed by atoms with van der Waals surface area (Å²) in [6, 6.07) is 0. The van der Waals surface area contributed by atoms with E-state index >= 15 is 0 Å². The summed E-state index contributed by atoms with van der Waals surface area (Å²) >= 11 is 2.12. The average Bonchev–Trinajstić information content (AvgIpc) is 1.81. The topological polar surface area (TPSA) is 29.5 Å². The summed E-state index contributed by atoms with van der Waals surface area (Å²) in [5, 5.41) is 8.21. The Hall–Kier alpha value is 0.390. The fourth-order valence-corrected chi connectivity index (χ4v) is 0.460. The van der Waals surface area contributed by atoms with Crippen molar-refractivity contribution in [3.8, 4) is 0 Å². The van der Waals surface area contributed by atoms with E-state index in [0.717, 1.165) is 0 Å². The summed E-state index contributed by atoms with van der Waals surface area (Å²) in [5.74, 6) is 0. The fraction of sp³-hybridized carbons (Fsp3) is 0.600. The highest BCUT2D eigenvalue weighted by Gasteiger charge is 1.77. The van der Waals surface area contributed by atoms with E-state index in [2.05, 4.69) is 22.6 Å². The lowest BCUT2D eigenvalue weighted by atomic mass is 10.7. The zero-order valence-corrected chi connectivity index (χ0v) is 6.67. The molecule has 0 saturated carbocycles. The summed E-state index contributed by atoms with van der Waals surface area (Å²) in [6.45, 7) is 1.14. The van der Waals surface area contributed by atoms with Crippen LogP contribution >= 0.6 is 22.6 Å². The molecule has 0 fully saturated rings. The highest BCUT2D eigenvalue weighted by atomic mass is 127. The largest absolute Gasteiger partial charge is 0.394 e. The van der Waals surface area contributed by atoms with Gasteiger partial charge in [-0.15, -0.1) is 0 Å². The number of halogens is 1. The summed E-state index contributed by atoms with van der Waals surface area (Å²) in [7, 11) is 0. The second kappa shape index (κ2) is 7.39. The van der Waals surface area contributed by atoms with Crippen LogP contribution in [-0.2, 0) is 4.74 Å². The molecule has 3 heteroatoms. The molecule has 0 amide bonds. The Morgan fingerprint density at radius 3 is 2.88 bits per heavy atom. The molecule has 8 heavy (non-hydrogen) atoms. The summed E-state index contributed by atoms with van der Waals surface area (Å²) in [5.41, 5.74) is 0. The van der Waals surface area contributed by atoms with E-state index in [0.29, 0.717) is 13.2 Å². The van der Waals surface area contributed by atoms with Gasteiger partial charge in [-0.25, -0.2) is 0 Å². The smallest absolute Gasteiger partial charge is 0.0701 e. The quantitative estimate of drug-likeness (QED) is 0.573. The molecule has 0 aromatic heterocycles. The third kappa shape index (κ3) is 6.39. The van der Waals surface area contributed by atoms with Gasteiger partial charge in [0.05, 0.1) is 19.8 Å². The van der Waals surface area contributed by atoms with Gasteiger partial charge >= 0.3 is 0 Å². The Kier molecular flexibility index (Phi) is 7.75. The minimum absolute atomic E-state index is 0.106. The van der Waals surface area contributed by atoms with Crippen molar-refractivity contribution >= 4 is 22.6 Å². The maximum Gasteiger partial charge on any atom is 0.0701 e. The van der Waals surface area contributed by atoms with Crippen LogP contribution in [0.2, 0.25) is 0 Å². The first-order chi connectivity index (χ1) is 3.91. The van der Waals surface area contributed by atoms with Gasteiger partial charge in [0.1, 0.15) is 0 Å². The van der Waals surface area contributed by atoms with Crippen molar-refractivity contribution in [3.05, 3.63) is 10.2 Å². The normalized spacial score (nSPS) is 10.8. The van der Waals surface area contributed by atoms with Gasteiger partial charge in [0.25, 0.3) is 0 Å². The maximum absolute atomic E-state index is 8.21. The van der Waals surface area contributed by atoms with Crippen molar-refractivity contribution in [1.29, 1.82) is 0 Å². The zero-order valence-electron chi connectivity index (χ0n) is 4.51. The lowest BCUT2D eigenvalue weighted by molar-refractivity contribution is 0.112. The number of aliphatic hydroxyl groups is 1. The fourth-order valence-electron chi connectivity index (χ4n) is 0.252. The minimum atomic E-state index is 0.106. The number of hydrogen-bond donors (Lipinski definition) is 1. The SMILES string of the molecule is OCCOC/C=C\I. The molecule has 0 aliphatic rings. The van der Waals surface area contributed by atoms with Crippen molar-refractivity contribution in [2.75, 3.05) is 19.8 Å². The van der Waals surface area contributed by atoms with Crippen LogP contribution < -0.4 is 0 Å². The number of rotatable bonds is 4. The van der Waals surface area contributed by atoms with Crippen LogP contribution in [0.3, 0.4) is 0 Å². The Morgan fingerprint density at radius 2 is 2.38 bits per heavy atom. The Bertz CT molecular complexity index is 63.4. The van der Waals surface area contributed by atoms with Crippen molar-refractivity contribution in [1.82, 2.24) is 0 Å². The standard InChI is InChI=1S/C5H9IO2/c6-2-1-4-8-5-3-7/h1-2,7H,3-5H2/b2-1-. The summed E-state index contributed by atoms with van der Waals surface area (Å²) < 4.78 is 6.77. The van der Waals surface area contributed by atoms with Crippen molar-refractivity contribution in [3.63, 3.8) is 0 Å². The Balaban J connectivity index is 2.72. The zero-order chi connectivity index (χ0) is 6.24. The van der Waals surface area contributed by atoms with Gasteiger partial charge in [0, 0.05) is 0 Å². The van der Waals surface area contributed by atoms with E-state index in [1.54, 1.807) is 0 Å². The van der Waals surface area contributed by atoms with Crippen LogP contribution in [-0.4, -0.2) is 24.9 Å². The van der Waals surface area contributed by atoms with Crippen molar-refractivity contribution in [2.45, 2.75) is 0 Å². The van der Waals surface area contributed by atoms with Gasteiger partial charge in [0.15, 0.2) is 0 Å². The first-order valence-corrected chi connectivity index (χ1v) is 3.60. The predicted molar refractivity (Wildman–Crippen MR) is 41.1 cm³/mol. The first kappa shape index (κ1) is 8.39. The molecule has 48 valence electrons. The van der Waals surface area contributed by atoms with Crippen molar-refractivity contribution < 1.29 is 9.84 Å². The van der Waals surface area contributed by atoms with E-state index in [1.807, 2.05) is 10.2 Å². The van der Waals surface area contributed by atoms with E-state index in [-0.39, 0.29) is 6.61 Å². The van der Waals surface area contributed by atoms with E-state index in [4.69, 9.17) is 9.84 Å². The molecule has 0 spiro atoms. The third-order valence-corrected chi connectivity index (χ3v) is 1.05. The number of aliphatic hydroxyl groups excluding tert-OH is 1. The molecule has 0 bridgehead atoms. The predicted octanol–water partition coefficient (Wildman–Crippen LogP) is 0.944. The average molecular weight is 228 g/mol. The second-order valence-corrected chi connectivity index (χ2v) is 1.88. The molecule has 1 N–H and O–H groups in total. The van der Waals surface area contributed by atoms with Gasteiger partial charge < -0.3 is 9.84 Å². The van der Waals surface area contributed by atoms with Crippen LogP contribution in [0.1, 0.15) is 0 Å². The maximum atomic E-state index is 8.21. The minimum Gasteiger partial charge on any atom is -0.394 e. The molecule has 0 heterocycles. The van der Waals surface area contributed by atoms with Gasteiger partial charge in [-0.05, 0) is 4.08 Å². The molecule has 0 aliphatic carbocycles. The lowest BCUT2D eigenvalue weighted by Gasteiger charge is -1.93. The Morgan fingerprint density at radius 1 is 1.62 bits per heavy atom. The van der Waals surface area contributed by atoms with Gasteiger partial charge in [-0.1, -0.05) is 28.7 Å². The van der Waals surface area contributed by atoms with Crippen LogP contribution in [0.5, 0.6) is 0 Å². The van der Waals surface area contributed by atoms with Crippen LogP contribution in [0.25, 0.3) is 0 Å². The summed E-state index contributed by atoms with van der Waals surface area (Å²) in [4.78, 5) is 0. The van der Waals surface area contributed by atoms with Gasteiger partial charge in [-0.3, -0.25) is 0 Å². The highest BCUT2D eigenvalue weighted by molar-refractivity contribution is 14.1. The lowest BCUT2D eigenvalue weighted by Crippen LogP contribution is -1.97. The van der Waals surface area contributed by atoms with Gasteiger partial charge in [0.2, 0.25) is 0 Å². The highest BCUT2D eigenvalue weighted by Crippen LogP contribution is 1.83. The van der Waals surface area contributed by atoms with Crippen LogP contribution in [0.4, 0.5) is 0 Å². The van der Waals surface area contributed by atoms with E-state index < -0.39 is 0 Å². The Labute approximate surface area is 62.7 Å². The molecule has 0 aromatic carbocycles. The first-order valence-electron chi connectivity index (χ1n) is 2.35. The van der Waals surface area contributed by atoms with Gasteiger partial charge in [-0.2, -0.15) is 0 Å². The summed E-state index contributed by atoms with van der Waals surface area (Å²) in [6.07, 6.45) is 1.89. The third-order valence-electron chi connectivity index (χ3n) is 0.539. The molecule has 0 unspecified atom stereocenters. The molecule has 0 aromatic rings. The molecular weight excluding hydrogens is 219 g/mol. The number of ether oxygens (including phenoxy) is 1. The van der Waals surface area contributed by atoms with Crippen LogP contribution in [0.15, 0.2) is 10.2 Å². The second-order valence-electron chi connectivity index (χ2n) is 1.16. The molecule has 0 rings (SSSR count). The monoisotopic (exact) mass is 228 g/mol.